The average molecular weight is 322 g/mol. The van der Waals surface area contributed by atoms with Gasteiger partial charge in [0.05, 0.1) is 30.8 Å². The molecule has 0 unspecified atom stereocenters. The number of aliphatic hydroxyl groups excluding tert-OH is 1. The fourth-order valence-corrected chi connectivity index (χ4v) is 5.74. The number of hydrogen-bond acceptors (Lipinski definition) is 5. The maximum absolute atomic E-state index is 12.3. The lowest BCUT2D eigenvalue weighted by molar-refractivity contribution is -0.166. The molecule has 0 aromatic carbocycles. The maximum atomic E-state index is 12.3. The molecule has 4 aliphatic carbocycles. The van der Waals surface area contributed by atoms with Gasteiger partial charge in [-0.1, -0.05) is 19.1 Å². The van der Waals surface area contributed by atoms with E-state index >= 15 is 0 Å². The molecule has 3 fully saturated rings. The first-order chi connectivity index (χ1) is 10.6. The SMILES string of the molecule is COC(=O)[C@@]1(C)C[C@@H]2[C@@H]3C=C[C@](C)([C@@H]2[C@@H]1O)[C@H]1OC(C)(C)O[C@@H]31. The van der Waals surface area contributed by atoms with Gasteiger partial charge >= 0.3 is 5.97 Å². The molecule has 8 atom stereocenters. The van der Waals surface area contributed by atoms with Crippen molar-refractivity contribution in [2.24, 2.45) is 28.6 Å². The van der Waals surface area contributed by atoms with Crippen LogP contribution in [-0.4, -0.2) is 42.3 Å². The van der Waals surface area contributed by atoms with Gasteiger partial charge in [-0.15, -0.1) is 0 Å². The van der Waals surface area contributed by atoms with Crippen molar-refractivity contribution in [3.8, 4) is 0 Å². The Balaban J connectivity index is 1.76. The third-order valence-corrected chi connectivity index (χ3v) is 6.78. The Bertz CT molecular complexity index is 584. The molecule has 5 rings (SSSR count). The number of ether oxygens (including phenoxy) is 3. The van der Waals surface area contributed by atoms with E-state index in [0.29, 0.717) is 6.42 Å². The molecule has 2 bridgehead atoms. The molecule has 0 spiro atoms. The summed E-state index contributed by atoms with van der Waals surface area (Å²) in [6.07, 6.45) is 4.20. The summed E-state index contributed by atoms with van der Waals surface area (Å²) in [7, 11) is 1.39. The molecule has 0 amide bonds. The van der Waals surface area contributed by atoms with Gasteiger partial charge in [0.2, 0.25) is 0 Å². The monoisotopic (exact) mass is 322 g/mol. The second-order valence-electron chi connectivity index (χ2n) is 8.57. The molecular formula is C18H26O5. The number of hydrogen-bond donors (Lipinski definition) is 1. The number of aliphatic hydroxyl groups is 1. The molecule has 1 saturated heterocycles. The van der Waals surface area contributed by atoms with Crippen molar-refractivity contribution >= 4 is 5.97 Å². The van der Waals surface area contributed by atoms with Gasteiger partial charge in [0.25, 0.3) is 0 Å². The van der Waals surface area contributed by atoms with Crippen LogP contribution in [-0.2, 0) is 19.0 Å². The first-order valence-electron chi connectivity index (χ1n) is 8.45. The van der Waals surface area contributed by atoms with Crippen molar-refractivity contribution in [3.05, 3.63) is 12.2 Å². The van der Waals surface area contributed by atoms with E-state index in [-0.39, 0.29) is 41.3 Å². The zero-order chi connectivity index (χ0) is 16.8. The molecule has 0 aromatic rings. The maximum Gasteiger partial charge on any atom is 0.314 e. The van der Waals surface area contributed by atoms with Gasteiger partial charge in [-0.05, 0) is 33.1 Å². The topological polar surface area (TPSA) is 65.0 Å². The van der Waals surface area contributed by atoms with Crippen molar-refractivity contribution in [2.75, 3.05) is 7.11 Å². The van der Waals surface area contributed by atoms with Crippen LogP contribution in [0.25, 0.3) is 0 Å². The van der Waals surface area contributed by atoms with Gasteiger partial charge in [0, 0.05) is 17.3 Å². The Labute approximate surface area is 137 Å². The molecule has 1 N–H and O–H groups in total. The highest BCUT2D eigenvalue weighted by Gasteiger charge is 2.71. The summed E-state index contributed by atoms with van der Waals surface area (Å²) in [6, 6.07) is 0. The number of carbonyl (C=O) groups is 1. The second-order valence-corrected chi connectivity index (χ2v) is 8.57. The largest absolute Gasteiger partial charge is 0.469 e. The standard InChI is InChI=1S/C18H26O5/c1-16(2)22-12-9-6-7-17(3,14(12)23-16)11-10(9)8-18(4,13(11)19)15(20)21-5/h6-7,9-14,19H,8H2,1-5H3/t9-,10+,11-,12-,13-,14-,17+,18-/m0/s1. The zero-order valence-electron chi connectivity index (χ0n) is 14.4. The molecule has 0 aromatic heterocycles. The molecule has 23 heavy (non-hydrogen) atoms. The summed E-state index contributed by atoms with van der Waals surface area (Å²) in [4.78, 5) is 12.3. The highest BCUT2D eigenvalue weighted by molar-refractivity contribution is 5.78. The van der Waals surface area contributed by atoms with Crippen LogP contribution in [0.5, 0.6) is 0 Å². The molecule has 1 aliphatic heterocycles. The van der Waals surface area contributed by atoms with E-state index in [1.807, 2.05) is 20.8 Å². The van der Waals surface area contributed by atoms with Gasteiger partial charge in [0.15, 0.2) is 5.79 Å². The summed E-state index contributed by atoms with van der Waals surface area (Å²) >= 11 is 0. The number of rotatable bonds is 1. The summed E-state index contributed by atoms with van der Waals surface area (Å²) in [6.45, 7) is 7.84. The van der Waals surface area contributed by atoms with Crippen molar-refractivity contribution < 1.29 is 24.1 Å². The normalized spacial score (nSPS) is 55.6. The molecule has 5 heteroatoms. The first-order valence-corrected chi connectivity index (χ1v) is 8.45. The van der Waals surface area contributed by atoms with Crippen LogP contribution in [0.15, 0.2) is 12.2 Å². The van der Waals surface area contributed by atoms with E-state index in [1.165, 1.54) is 7.11 Å². The van der Waals surface area contributed by atoms with Crippen LogP contribution >= 0.6 is 0 Å². The van der Waals surface area contributed by atoms with E-state index in [0.717, 1.165) is 0 Å². The Kier molecular flexibility index (Phi) is 2.97. The first kappa shape index (κ1) is 15.6. The van der Waals surface area contributed by atoms with Crippen LogP contribution in [0.4, 0.5) is 0 Å². The van der Waals surface area contributed by atoms with E-state index in [1.54, 1.807) is 0 Å². The minimum atomic E-state index is -0.857. The van der Waals surface area contributed by atoms with Gasteiger partial charge in [-0.3, -0.25) is 4.79 Å². The predicted molar refractivity (Wildman–Crippen MR) is 82.3 cm³/mol. The van der Waals surface area contributed by atoms with Crippen molar-refractivity contribution in [1.82, 2.24) is 0 Å². The predicted octanol–water partition coefficient (Wildman–Crippen LogP) is 1.89. The summed E-state index contributed by atoms with van der Waals surface area (Å²) < 4.78 is 17.4. The minimum Gasteiger partial charge on any atom is -0.469 e. The molecule has 1 heterocycles. The molecule has 0 radical (unpaired) electrons. The number of carbonyl (C=O) groups excluding carboxylic acids is 1. The number of esters is 1. The van der Waals surface area contributed by atoms with Crippen LogP contribution in [0.3, 0.4) is 0 Å². The van der Waals surface area contributed by atoms with E-state index < -0.39 is 17.3 Å². The van der Waals surface area contributed by atoms with Gasteiger partial charge in [-0.2, -0.15) is 0 Å². The lowest BCUT2D eigenvalue weighted by Gasteiger charge is -2.54. The van der Waals surface area contributed by atoms with Crippen LogP contribution < -0.4 is 0 Å². The quantitative estimate of drug-likeness (QED) is 0.590. The summed E-state index contributed by atoms with van der Waals surface area (Å²) in [5, 5.41) is 11.1. The van der Waals surface area contributed by atoms with Gasteiger partial charge in [-0.25, -0.2) is 0 Å². The van der Waals surface area contributed by atoms with Crippen LogP contribution in [0, 0.1) is 28.6 Å². The lowest BCUT2D eigenvalue weighted by Crippen LogP contribution is -2.60. The molecule has 5 nitrogen and oxygen atoms in total. The van der Waals surface area contributed by atoms with Crippen LogP contribution in [0.2, 0.25) is 0 Å². The Morgan fingerprint density at radius 3 is 2.61 bits per heavy atom. The van der Waals surface area contributed by atoms with E-state index in [9.17, 15) is 9.90 Å². The van der Waals surface area contributed by atoms with Crippen LogP contribution in [0.1, 0.15) is 34.1 Å². The van der Waals surface area contributed by atoms with Crippen molar-refractivity contribution in [3.63, 3.8) is 0 Å². The Morgan fingerprint density at radius 2 is 1.96 bits per heavy atom. The van der Waals surface area contributed by atoms with E-state index in [4.69, 9.17) is 14.2 Å². The molecular weight excluding hydrogens is 296 g/mol. The third kappa shape index (κ3) is 1.76. The van der Waals surface area contributed by atoms with Gasteiger partial charge in [0.1, 0.15) is 0 Å². The summed E-state index contributed by atoms with van der Waals surface area (Å²) in [5.74, 6) is -0.552. The minimum absolute atomic E-state index is 0.00607. The fourth-order valence-electron chi connectivity index (χ4n) is 5.74. The average Bonchev–Trinajstić information content (AvgIpc) is 2.96. The molecule has 128 valence electrons. The fraction of sp³-hybridized carbons (Fsp3) is 0.833. The highest BCUT2D eigenvalue weighted by atomic mass is 16.8. The third-order valence-electron chi connectivity index (χ3n) is 6.78. The van der Waals surface area contributed by atoms with Crippen molar-refractivity contribution in [1.29, 1.82) is 0 Å². The van der Waals surface area contributed by atoms with Crippen molar-refractivity contribution in [2.45, 2.75) is 58.2 Å². The Hall–Kier alpha value is -0.910. The smallest absolute Gasteiger partial charge is 0.314 e. The Morgan fingerprint density at radius 1 is 1.26 bits per heavy atom. The lowest BCUT2D eigenvalue weighted by atomic mass is 9.53. The molecule has 5 aliphatic rings. The summed E-state index contributed by atoms with van der Waals surface area (Å²) in [5.41, 5.74) is -1.19. The highest BCUT2D eigenvalue weighted by Crippen LogP contribution is 2.66. The second kappa shape index (κ2) is 4.38. The number of methoxy groups -OCH3 is 1. The zero-order valence-corrected chi connectivity index (χ0v) is 14.4. The van der Waals surface area contributed by atoms with E-state index in [2.05, 4.69) is 19.1 Å². The van der Waals surface area contributed by atoms with Gasteiger partial charge < -0.3 is 19.3 Å². The molecule has 2 saturated carbocycles.